The SMILES string of the molecule is Nc1nc2cc(-c3csc(C(=O)NCc4ccccc4)c3)ccn2n1. The Morgan fingerprint density at radius 3 is 2.84 bits per heavy atom. The molecule has 0 unspecified atom stereocenters. The van der Waals surface area contributed by atoms with Gasteiger partial charge in [-0.1, -0.05) is 30.3 Å². The zero-order chi connectivity index (χ0) is 17.2. The van der Waals surface area contributed by atoms with E-state index in [-0.39, 0.29) is 11.9 Å². The maximum absolute atomic E-state index is 12.3. The van der Waals surface area contributed by atoms with E-state index in [1.54, 1.807) is 10.7 Å². The van der Waals surface area contributed by atoms with Crippen LogP contribution in [0, 0.1) is 0 Å². The van der Waals surface area contributed by atoms with Crippen molar-refractivity contribution >= 4 is 28.8 Å². The van der Waals surface area contributed by atoms with Crippen LogP contribution in [0.5, 0.6) is 0 Å². The molecule has 0 saturated heterocycles. The summed E-state index contributed by atoms with van der Waals surface area (Å²) in [6.07, 6.45) is 1.81. The van der Waals surface area contributed by atoms with Gasteiger partial charge in [-0.25, -0.2) is 4.52 Å². The second-order valence-electron chi connectivity index (χ2n) is 5.56. The summed E-state index contributed by atoms with van der Waals surface area (Å²) in [4.78, 5) is 17.2. The number of carbonyl (C=O) groups excluding carboxylic acids is 1. The lowest BCUT2D eigenvalue weighted by molar-refractivity contribution is 0.0955. The standard InChI is InChI=1S/C18H15N5OS/c19-18-21-16-9-13(6-7-23(16)22-18)14-8-15(25-11-14)17(24)20-10-12-4-2-1-3-5-12/h1-9,11H,10H2,(H2,19,22)(H,20,24). The van der Waals surface area contributed by atoms with Crippen LogP contribution in [-0.4, -0.2) is 20.5 Å². The lowest BCUT2D eigenvalue weighted by Gasteiger charge is -2.03. The number of nitrogen functional groups attached to an aromatic ring is 1. The van der Waals surface area contributed by atoms with Crippen molar-refractivity contribution in [2.24, 2.45) is 0 Å². The van der Waals surface area contributed by atoms with Crippen LogP contribution in [0.15, 0.2) is 60.1 Å². The molecule has 7 heteroatoms. The highest BCUT2D eigenvalue weighted by atomic mass is 32.1. The van der Waals surface area contributed by atoms with Gasteiger partial charge in [0, 0.05) is 12.7 Å². The summed E-state index contributed by atoms with van der Waals surface area (Å²) in [5.41, 5.74) is 9.30. The molecule has 0 aliphatic carbocycles. The maximum Gasteiger partial charge on any atom is 0.261 e. The molecule has 124 valence electrons. The summed E-state index contributed by atoms with van der Waals surface area (Å²) in [6, 6.07) is 15.6. The second kappa shape index (κ2) is 6.37. The van der Waals surface area contributed by atoms with Crippen molar-refractivity contribution in [2.45, 2.75) is 6.54 Å². The molecule has 3 N–H and O–H groups in total. The molecule has 3 heterocycles. The quantitative estimate of drug-likeness (QED) is 0.593. The summed E-state index contributed by atoms with van der Waals surface area (Å²) in [5, 5.41) is 8.96. The van der Waals surface area contributed by atoms with Gasteiger partial charge < -0.3 is 11.1 Å². The van der Waals surface area contributed by atoms with Crippen molar-refractivity contribution in [3.8, 4) is 11.1 Å². The number of carbonyl (C=O) groups is 1. The van der Waals surface area contributed by atoms with E-state index in [1.807, 2.05) is 53.9 Å². The van der Waals surface area contributed by atoms with E-state index >= 15 is 0 Å². The summed E-state index contributed by atoms with van der Waals surface area (Å²) in [7, 11) is 0. The summed E-state index contributed by atoms with van der Waals surface area (Å²) in [5.74, 6) is 0.163. The summed E-state index contributed by atoms with van der Waals surface area (Å²) < 4.78 is 1.62. The Bertz CT molecular complexity index is 1040. The number of rotatable bonds is 4. The molecule has 4 aromatic rings. The highest BCUT2D eigenvalue weighted by Crippen LogP contribution is 2.26. The molecular weight excluding hydrogens is 334 g/mol. The summed E-state index contributed by atoms with van der Waals surface area (Å²) >= 11 is 1.42. The molecule has 0 aliphatic heterocycles. The first-order valence-electron chi connectivity index (χ1n) is 7.72. The first-order valence-corrected chi connectivity index (χ1v) is 8.60. The fraction of sp³-hybridized carbons (Fsp3) is 0.0556. The Morgan fingerprint density at radius 2 is 2.00 bits per heavy atom. The Kier molecular flexibility index (Phi) is 3.91. The molecule has 25 heavy (non-hydrogen) atoms. The molecule has 0 spiro atoms. The van der Waals surface area contributed by atoms with Crippen LogP contribution >= 0.6 is 11.3 Å². The van der Waals surface area contributed by atoms with Gasteiger partial charge in [-0.05, 0) is 40.3 Å². The van der Waals surface area contributed by atoms with Gasteiger partial charge >= 0.3 is 0 Å². The van der Waals surface area contributed by atoms with Crippen LogP contribution in [-0.2, 0) is 6.54 Å². The smallest absolute Gasteiger partial charge is 0.261 e. The van der Waals surface area contributed by atoms with Crippen molar-refractivity contribution in [2.75, 3.05) is 5.73 Å². The van der Waals surface area contributed by atoms with Crippen LogP contribution in [0.25, 0.3) is 16.8 Å². The van der Waals surface area contributed by atoms with Crippen LogP contribution in [0.2, 0.25) is 0 Å². The molecule has 0 radical (unpaired) electrons. The number of aromatic nitrogens is 3. The predicted octanol–water partition coefficient (Wildman–Crippen LogP) is 2.97. The van der Waals surface area contributed by atoms with Crippen molar-refractivity contribution in [1.29, 1.82) is 0 Å². The molecule has 0 bridgehead atoms. The molecule has 1 aromatic carbocycles. The number of hydrogen-bond donors (Lipinski definition) is 2. The number of fused-ring (bicyclic) bond motifs is 1. The Hall–Kier alpha value is -3.19. The number of nitrogens with two attached hydrogens (primary N) is 1. The average Bonchev–Trinajstić information content (AvgIpc) is 3.25. The molecule has 0 fully saturated rings. The van der Waals surface area contributed by atoms with Gasteiger partial charge in [0.1, 0.15) is 0 Å². The van der Waals surface area contributed by atoms with Crippen LogP contribution in [0.4, 0.5) is 5.95 Å². The third-order valence-corrected chi connectivity index (χ3v) is 4.74. The predicted molar refractivity (Wildman–Crippen MR) is 98.3 cm³/mol. The fourth-order valence-electron chi connectivity index (χ4n) is 2.55. The van der Waals surface area contributed by atoms with Crippen LogP contribution in [0.1, 0.15) is 15.2 Å². The van der Waals surface area contributed by atoms with Gasteiger partial charge in [0.15, 0.2) is 5.65 Å². The molecule has 0 saturated carbocycles. The lowest BCUT2D eigenvalue weighted by atomic mass is 10.1. The van der Waals surface area contributed by atoms with Gasteiger partial charge in [-0.3, -0.25) is 4.79 Å². The number of thiophene rings is 1. The average molecular weight is 349 g/mol. The molecule has 0 atom stereocenters. The van der Waals surface area contributed by atoms with Crippen molar-refractivity contribution in [1.82, 2.24) is 19.9 Å². The zero-order valence-electron chi connectivity index (χ0n) is 13.2. The van der Waals surface area contributed by atoms with E-state index in [0.717, 1.165) is 16.7 Å². The van der Waals surface area contributed by atoms with Gasteiger partial charge in [-0.2, -0.15) is 4.98 Å². The van der Waals surface area contributed by atoms with Gasteiger partial charge in [0.25, 0.3) is 5.91 Å². The molecule has 4 rings (SSSR count). The number of hydrogen-bond acceptors (Lipinski definition) is 5. The molecule has 0 aliphatic rings. The normalized spacial score (nSPS) is 10.9. The van der Waals surface area contributed by atoms with Crippen molar-refractivity contribution in [3.63, 3.8) is 0 Å². The monoisotopic (exact) mass is 349 g/mol. The number of pyridine rings is 1. The minimum absolute atomic E-state index is 0.0760. The Morgan fingerprint density at radius 1 is 1.16 bits per heavy atom. The zero-order valence-corrected chi connectivity index (χ0v) is 14.0. The minimum Gasteiger partial charge on any atom is -0.366 e. The number of benzene rings is 1. The molecule has 3 aromatic heterocycles. The third kappa shape index (κ3) is 3.22. The van der Waals surface area contributed by atoms with E-state index < -0.39 is 0 Å². The van der Waals surface area contributed by atoms with Crippen LogP contribution < -0.4 is 11.1 Å². The molecule has 1 amide bonds. The maximum atomic E-state index is 12.3. The molecule has 6 nitrogen and oxygen atoms in total. The van der Waals surface area contributed by atoms with Crippen LogP contribution in [0.3, 0.4) is 0 Å². The number of nitrogens with one attached hydrogen (secondary N) is 1. The van der Waals surface area contributed by atoms with E-state index in [0.29, 0.717) is 17.1 Å². The summed E-state index contributed by atoms with van der Waals surface area (Å²) in [6.45, 7) is 0.512. The van der Waals surface area contributed by atoms with Gasteiger partial charge in [0.05, 0.1) is 4.88 Å². The first-order chi connectivity index (χ1) is 12.2. The highest BCUT2D eigenvalue weighted by Gasteiger charge is 2.11. The number of amides is 1. The van der Waals surface area contributed by atoms with Crippen molar-refractivity contribution < 1.29 is 4.79 Å². The fourth-order valence-corrected chi connectivity index (χ4v) is 3.38. The van der Waals surface area contributed by atoms with E-state index in [1.165, 1.54) is 11.3 Å². The first kappa shape index (κ1) is 15.3. The van der Waals surface area contributed by atoms with Gasteiger partial charge in [0.2, 0.25) is 5.95 Å². The van der Waals surface area contributed by atoms with E-state index in [4.69, 9.17) is 5.73 Å². The topological polar surface area (TPSA) is 85.3 Å². The Balaban J connectivity index is 1.51. The van der Waals surface area contributed by atoms with Gasteiger partial charge in [-0.15, -0.1) is 16.4 Å². The van der Waals surface area contributed by atoms with E-state index in [9.17, 15) is 4.79 Å². The number of nitrogens with zero attached hydrogens (tertiary/aromatic N) is 3. The van der Waals surface area contributed by atoms with E-state index in [2.05, 4.69) is 15.4 Å². The number of anilines is 1. The third-order valence-electron chi connectivity index (χ3n) is 3.81. The largest absolute Gasteiger partial charge is 0.366 e. The minimum atomic E-state index is -0.0760. The van der Waals surface area contributed by atoms with Crippen molar-refractivity contribution in [3.05, 3.63) is 70.5 Å². The highest BCUT2D eigenvalue weighted by molar-refractivity contribution is 7.12. The Labute approximate surface area is 147 Å². The lowest BCUT2D eigenvalue weighted by Crippen LogP contribution is -2.21. The second-order valence-corrected chi connectivity index (χ2v) is 6.47. The molecular formula is C18H15N5OS.